The number of benzene rings is 1. The predicted octanol–water partition coefficient (Wildman–Crippen LogP) is 3.16. The van der Waals surface area contributed by atoms with Gasteiger partial charge in [-0.1, -0.05) is 38.1 Å². The highest BCUT2D eigenvalue weighted by Crippen LogP contribution is 2.25. The molecule has 0 bridgehead atoms. The van der Waals surface area contributed by atoms with Gasteiger partial charge in [0.1, 0.15) is 5.69 Å². The lowest BCUT2D eigenvalue weighted by atomic mass is 9.82. The van der Waals surface area contributed by atoms with Crippen LogP contribution in [-0.4, -0.2) is 17.4 Å². The fourth-order valence-corrected chi connectivity index (χ4v) is 2.68. The monoisotopic (exact) mass is 274 g/mol. The van der Waals surface area contributed by atoms with Crippen LogP contribution in [0.25, 0.3) is 0 Å². The van der Waals surface area contributed by atoms with Crippen molar-refractivity contribution in [1.82, 2.24) is 10.3 Å². The van der Waals surface area contributed by atoms with Crippen LogP contribution in [0, 0.1) is 6.92 Å². The van der Waals surface area contributed by atoms with Gasteiger partial charge in [-0.05, 0) is 18.1 Å². The second-order valence-corrected chi connectivity index (χ2v) is 5.97. The Morgan fingerprint density at radius 1 is 1.37 bits per heavy atom. The molecule has 1 amide bonds. The number of rotatable bonds is 4. The van der Waals surface area contributed by atoms with Crippen LogP contribution in [-0.2, 0) is 5.41 Å². The highest BCUT2D eigenvalue weighted by Gasteiger charge is 2.23. The van der Waals surface area contributed by atoms with Gasteiger partial charge in [0.15, 0.2) is 0 Å². The van der Waals surface area contributed by atoms with E-state index in [1.807, 2.05) is 12.1 Å². The molecule has 19 heavy (non-hydrogen) atoms. The zero-order valence-electron chi connectivity index (χ0n) is 11.4. The molecule has 0 aliphatic rings. The van der Waals surface area contributed by atoms with E-state index in [2.05, 4.69) is 43.2 Å². The van der Waals surface area contributed by atoms with E-state index in [0.717, 1.165) is 0 Å². The molecule has 0 spiro atoms. The highest BCUT2D eigenvalue weighted by atomic mass is 32.1. The number of thiazole rings is 1. The van der Waals surface area contributed by atoms with Crippen molar-refractivity contribution >= 4 is 17.2 Å². The van der Waals surface area contributed by atoms with Gasteiger partial charge in [0.25, 0.3) is 5.91 Å². The van der Waals surface area contributed by atoms with Gasteiger partial charge in [-0.2, -0.15) is 0 Å². The number of nitrogens with one attached hydrogen (secondary N) is 1. The number of aryl methyl sites for hydroxylation is 1. The Balaban J connectivity index is 2.06. The van der Waals surface area contributed by atoms with Crippen LogP contribution in [0.2, 0.25) is 0 Å². The molecule has 0 radical (unpaired) electrons. The van der Waals surface area contributed by atoms with Gasteiger partial charge in [-0.3, -0.25) is 4.79 Å². The van der Waals surface area contributed by atoms with E-state index in [1.165, 1.54) is 22.5 Å². The van der Waals surface area contributed by atoms with Gasteiger partial charge in [-0.25, -0.2) is 4.98 Å². The normalized spacial score (nSPS) is 11.3. The SMILES string of the molecule is Cc1ccccc1C(C)(C)CNC(=O)c1cscn1. The molecule has 0 unspecified atom stereocenters. The molecule has 100 valence electrons. The molecule has 0 saturated heterocycles. The lowest BCUT2D eigenvalue weighted by Gasteiger charge is -2.27. The number of carbonyl (C=O) groups excluding carboxylic acids is 1. The Morgan fingerprint density at radius 3 is 2.74 bits per heavy atom. The first kappa shape index (κ1) is 13.7. The molecular formula is C15H18N2OS. The van der Waals surface area contributed by atoms with Crippen molar-refractivity contribution in [3.63, 3.8) is 0 Å². The molecule has 0 fully saturated rings. The molecule has 0 atom stereocenters. The van der Waals surface area contributed by atoms with Gasteiger partial charge in [-0.15, -0.1) is 11.3 Å². The summed E-state index contributed by atoms with van der Waals surface area (Å²) in [6, 6.07) is 8.28. The van der Waals surface area contributed by atoms with Gasteiger partial charge >= 0.3 is 0 Å². The van der Waals surface area contributed by atoms with E-state index in [0.29, 0.717) is 12.2 Å². The molecule has 1 aromatic carbocycles. The molecular weight excluding hydrogens is 256 g/mol. The van der Waals surface area contributed by atoms with Crippen LogP contribution in [0.4, 0.5) is 0 Å². The summed E-state index contributed by atoms with van der Waals surface area (Å²) in [5.41, 5.74) is 4.56. The minimum Gasteiger partial charge on any atom is -0.350 e. The summed E-state index contributed by atoms with van der Waals surface area (Å²) in [7, 11) is 0. The molecule has 0 aliphatic carbocycles. The first-order valence-corrected chi connectivity index (χ1v) is 7.17. The van der Waals surface area contributed by atoms with Gasteiger partial charge in [0.2, 0.25) is 0 Å². The zero-order valence-corrected chi connectivity index (χ0v) is 12.3. The Labute approximate surface area is 117 Å². The van der Waals surface area contributed by atoms with Crippen molar-refractivity contribution in [3.05, 3.63) is 52.0 Å². The summed E-state index contributed by atoms with van der Waals surface area (Å²) < 4.78 is 0. The summed E-state index contributed by atoms with van der Waals surface area (Å²) in [5, 5.41) is 4.72. The first-order chi connectivity index (χ1) is 9.00. The van der Waals surface area contributed by atoms with Gasteiger partial charge < -0.3 is 5.32 Å². The molecule has 2 aromatic rings. The maximum atomic E-state index is 11.9. The summed E-state index contributed by atoms with van der Waals surface area (Å²) in [6.45, 7) is 6.96. The summed E-state index contributed by atoms with van der Waals surface area (Å²) in [6.07, 6.45) is 0. The number of nitrogens with zero attached hydrogens (tertiary/aromatic N) is 1. The minimum absolute atomic E-state index is 0.100. The fourth-order valence-electron chi connectivity index (χ4n) is 2.14. The summed E-state index contributed by atoms with van der Waals surface area (Å²) in [5.74, 6) is -0.108. The topological polar surface area (TPSA) is 42.0 Å². The van der Waals surface area contributed by atoms with Crippen molar-refractivity contribution in [2.75, 3.05) is 6.54 Å². The number of carbonyl (C=O) groups is 1. The highest BCUT2D eigenvalue weighted by molar-refractivity contribution is 7.07. The lowest BCUT2D eigenvalue weighted by Crippen LogP contribution is -2.37. The number of hydrogen-bond acceptors (Lipinski definition) is 3. The maximum Gasteiger partial charge on any atom is 0.270 e. The molecule has 3 nitrogen and oxygen atoms in total. The third-order valence-corrected chi connectivity index (χ3v) is 3.82. The van der Waals surface area contributed by atoms with E-state index in [1.54, 1.807) is 10.9 Å². The fraction of sp³-hybridized carbons (Fsp3) is 0.333. The summed E-state index contributed by atoms with van der Waals surface area (Å²) >= 11 is 1.43. The Bertz CT molecular complexity index is 561. The molecule has 1 N–H and O–H groups in total. The molecule has 4 heteroatoms. The third kappa shape index (κ3) is 3.20. The molecule has 0 saturated carbocycles. The smallest absolute Gasteiger partial charge is 0.270 e. The van der Waals surface area contributed by atoms with Gasteiger partial charge in [0.05, 0.1) is 5.51 Å². The standard InChI is InChI=1S/C15H18N2OS/c1-11-6-4-5-7-12(11)15(2,3)9-16-14(18)13-8-19-10-17-13/h4-8,10H,9H2,1-3H3,(H,16,18). The molecule has 1 aromatic heterocycles. The predicted molar refractivity (Wildman–Crippen MR) is 78.7 cm³/mol. The summed E-state index contributed by atoms with van der Waals surface area (Å²) in [4.78, 5) is 15.9. The minimum atomic E-state index is -0.108. The van der Waals surface area contributed by atoms with Crippen molar-refractivity contribution < 1.29 is 4.79 Å². The van der Waals surface area contributed by atoms with Crippen LogP contribution in [0.3, 0.4) is 0 Å². The van der Waals surface area contributed by atoms with E-state index in [4.69, 9.17) is 0 Å². The van der Waals surface area contributed by atoms with E-state index in [-0.39, 0.29) is 11.3 Å². The third-order valence-electron chi connectivity index (χ3n) is 3.23. The molecule has 2 rings (SSSR count). The maximum absolute atomic E-state index is 11.9. The van der Waals surface area contributed by atoms with E-state index >= 15 is 0 Å². The molecule has 0 aliphatic heterocycles. The average molecular weight is 274 g/mol. The second kappa shape index (κ2) is 5.53. The van der Waals surface area contributed by atoms with Crippen molar-refractivity contribution in [3.8, 4) is 0 Å². The Hall–Kier alpha value is -1.68. The van der Waals surface area contributed by atoms with Crippen molar-refractivity contribution in [2.45, 2.75) is 26.2 Å². The van der Waals surface area contributed by atoms with Crippen molar-refractivity contribution in [1.29, 1.82) is 0 Å². The largest absolute Gasteiger partial charge is 0.350 e. The molecule has 1 heterocycles. The Kier molecular flexibility index (Phi) is 4.00. The van der Waals surface area contributed by atoms with Crippen LogP contribution in [0.1, 0.15) is 35.5 Å². The van der Waals surface area contributed by atoms with E-state index in [9.17, 15) is 4.79 Å². The number of aromatic nitrogens is 1. The van der Waals surface area contributed by atoms with Crippen LogP contribution < -0.4 is 5.32 Å². The number of hydrogen-bond donors (Lipinski definition) is 1. The quantitative estimate of drug-likeness (QED) is 0.930. The Morgan fingerprint density at radius 2 is 2.11 bits per heavy atom. The second-order valence-electron chi connectivity index (χ2n) is 5.26. The lowest BCUT2D eigenvalue weighted by molar-refractivity contribution is 0.0941. The average Bonchev–Trinajstić information content (AvgIpc) is 2.90. The zero-order chi connectivity index (χ0) is 13.9. The van der Waals surface area contributed by atoms with Crippen LogP contribution in [0.15, 0.2) is 35.2 Å². The van der Waals surface area contributed by atoms with E-state index < -0.39 is 0 Å². The number of amides is 1. The first-order valence-electron chi connectivity index (χ1n) is 6.23. The van der Waals surface area contributed by atoms with Gasteiger partial charge in [0, 0.05) is 17.3 Å². The van der Waals surface area contributed by atoms with Crippen LogP contribution in [0.5, 0.6) is 0 Å². The van der Waals surface area contributed by atoms with Crippen molar-refractivity contribution in [2.24, 2.45) is 0 Å². The van der Waals surface area contributed by atoms with Crippen LogP contribution >= 0.6 is 11.3 Å².